The van der Waals surface area contributed by atoms with Gasteiger partial charge in [0.15, 0.2) is 0 Å². The highest BCUT2D eigenvalue weighted by molar-refractivity contribution is 7.17. The minimum absolute atomic E-state index is 1.14. The Morgan fingerprint density at radius 2 is 2.15 bits per heavy atom. The molecule has 0 atom stereocenters. The third kappa shape index (κ3) is 0.971. The van der Waals surface area contributed by atoms with Crippen molar-refractivity contribution in [1.82, 2.24) is 0 Å². The van der Waals surface area contributed by atoms with E-state index in [2.05, 4.69) is 36.6 Å². The molecule has 0 aliphatic heterocycles. The Labute approximate surface area is 81.5 Å². The highest BCUT2D eigenvalue weighted by atomic mass is 32.1. The molecule has 0 spiro atoms. The van der Waals surface area contributed by atoms with Gasteiger partial charge in [-0.3, -0.25) is 0 Å². The quantitative estimate of drug-likeness (QED) is 0.586. The Kier molecular flexibility index (Phi) is 1.39. The van der Waals surface area contributed by atoms with Crippen molar-refractivity contribution < 1.29 is 0 Å². The van der Waals surface area contributed by atoms with Crippen LogP contribution in [0.25, 0.3) is 16.2 Å². The van der Waals surface area contributed by atoms with E-state index in [0.717, 1.165) is 6.42 Å². The highest BCUT2D eigenvalue weighted by Crippen LogP contribution is 2.34. The highest BCUT2D eigenvalue weighted by Gasteiger charge is 2.12. The molecule has 0 nitrogen and oxygen atoms in total. The third-order valence-electron chi connectivity index (χ3n) is 2.61. The number of benzene rings is 1. The molecule has 1 heteroatoms. The standard InChI is InChI=1S/C12H10S/c1-8-6-10-3-2-9-4-5-13-12(9)11(10)7-8/h2-5,7H,6H2,1H3. The summed E-state index contributed by atoms with van der Waals surface area (Å²) in [5, 5.41) is 3.56. The summed E-state index contributed by atoms with van der Waals surface area (Å²) in [7, 11) is 0. The average Bonchev–Trinajstić information content (AvgIpc) is 2.65. The van der Waals surface area contributed by atoms with Gasteiger partial charge in [-0.15, -0.1) is 11.3 Å². The van der Waals surface area contributed by atoms with E-state index in [4.69, 9.17) is 0 Å². The fourth-order valence-corrected chi connectivity index (χ4v) is 2.95. The van der Waals surface area contributed by atoms with Crippen molar-refractivity contribution in [3.05, 3.63) is 40.3 Å². The second kappa shape index (κ2) is 2.46. The zero-order valence-corrected chi connectivity index (χ0v) is 8.32. The van der Waals surface area contributed by atoms with Crippen molar-refractivity contribution in [3.8, 4) is 0 Å². The second-order valence-electron chi connectivity index (χ2n) is 3.64. The van der Waals surface area contributed by atoms with Crippen LogP contribution in [0.4, 0.5) is 0 Å². The molecule has 13 heavy (non-hydrogen) atoms. The summed E-state index contributed by atoms with van der Waals surface area (Å²) in [6.07, 6.45) is 3.47. The van der Waals surface area contributed by atoms with Gasteiger partial charge >= 0.3 is 0 Å². The van der Waals surface area contributed by atoms with E-state index >= 15 is 0 Å². The van der Waals surface area contributed by atoms with Gasteiger partial charge in [-0.25, -0.2) is 0 Å². The van der Waals surface area contributed by atoms with Crippen molar-refractivity contribution in [2.24, 2.45) is 0 Å². The monoisotopic (exact) mass is 186 g/mol. The lowest BCUT2D eigenvalue weighted by Gasteiger charge is -1.98. The normalized spacial score (nSPS) is 14.7. The molecule has 0 saturated carbocycles. The Morgan fingerprint density at radius 1 is 1.23 bits per heavy atom. The molecule has 1 aliphatic rings. The van der Waals surface area contributed by atoms with E-state index in [1.54, 1.807) is 0 Å². The van der Waals surface area contributed by atoms with Crippen LogP contribution in [-0.4, -0.2) is 0 Å². The molecule has 0 amide bonds. The summed E-state index contributed by atoms with van der Waals surface area (Å²) in [5.74, 6) is 0. The van der Waals surface area contributed by atoms with Gasteiger partial charge < -0.3 is 0 Å². The molecule has 0 radical (unpaired) electrons. The van der Waals surface area contributed by atoms with Crippen LogP contribution in [0.1, 0.15) is 18.1 Å². The molecule has 0 saturated heterocycles. The van der Waals surface area contributed by atoms with Crippen LogP contribution in [0, 0.1) is 0 Å². The van der Waals surface area contributed by atoms with Crippen molar-refractivity contribution in [2.45, 2.75) is 13.3 Å². The van der Waals surface area contributed by atoms with Gasteiger partial charge in [0.25, 0.3) is 0 Å². The number of rotatable bonds is 0. The predicted molar refractivity (Wildman–Crippen MR) is 59.2 cm³/mol. The van der Waals surface area contributed by atoms with Crippen LogP contribution in [0.3, 0.4) is 0 Å². The molecular weight excluding hydrogens is 176 g/mol. The van der Waals surface area contributed by atoms with E-state index < -0.39 is 0 Å². The van der Waals surface area contributed by atoms with Gasteiger partial charge in [0.1, 0.15) is 0 Å². The van der Waals surface area contributed by atoms with E-state index in [1.165, 1.54) is 26.8 Å². The summed E-state index contributed by atoms with van der Waals surface area (Å²) in [6, 6.07) is 6.69. The largest absolute Gasteiger partial charge is 0.143 e. The number of hydrogen-bond donors (Lipinski definition) is 0. The molecule has 1 aliphatic carbocycles. The predicted octanol–water partition coefficient (Wildman–Crippen LogP) is 3.86. The van der Waals surface area contributed by atoms with Crippen molar-refractivity contribution in [1.29, 1.82) is 0 Å². The zero-order chi connectivity index (χ0) is 8.84. The first-order valence-corrected chi connectivity index (χ1v) is 5.39. The minimum Gasteiger partial charge on any atom is -0.143 e. The van der Waals surface area contributed by atoms with E-state index in [0.29, 0.717) is 0 Å². The Morgan fingerprint density at radius 3 is 3.08 bits per heavy atom. The maximum Gasteiger partial charge on any atom is 0.0417 e. The summed E-state index contributed by atoms with van der Waals surface area (Å²) in [6.45, 7) is 2.21. The van der Waals surface area contributed by atoms with Gasteiger partial charge in [-0.1, -0.05) is 23.8 Å². The summed E-state index contributed by atoms with van der Waals surface area (Å²) in [4.78, 5) is 0. The molecule has 2 aromatic rings. The molecule has 0 unspecified atom stereocenters. The first kappa shape index (κ1) is 7.34. The average molecular weight is 186 g/mol. The van der Waals surface area contributed by atoms with E-state index in [-0.39, 0.29) is 0 Å². The third-order valence-corrected chi connectivity index (χ3v) is 3.57. The Balaban J connectivity index is 2.44. The molecule has 1 aromatic heterocycles. The first-order valence-electron chi connectivity index (χ1n) is 4.51. The smallest absolute Gasteiger partial charge is 0.0417 e. The molecule has 0 fully saturated rings. The number of fused-ring (bicyclic) bond motifs is 3. The van der Waals surface area contributed by atoms with Crippen LogP contribution in [-0.2, 0) is 6.42 Å². The lowest BCUT2D eigenvalue weighted by Crippen LogP contribution is -1.81. The van der Waals surface area contributed by atoms with Crippen molar-refractivity contribution in [2.75, 3.05) is 0 Å². The summed E-state index contributed by atoms with van der Waals surface area (Å²) in [5.41, 5.74) is 4.44. The van der Waals surface area contributed by atoms with Gasteiger partial charge in [0, 0.05) is 4.70 Å². The van der Waals surface area contributed by atoms with Crippen LogP contribution in [0.2, 0.25) is 0 Å². The lowest BCUT2D eigenvalue weighted by molar-refractivity contribution is 1.20. The zero-order valence-electron chi connectivity index (χ0n) is 7.50. The van der Waals surface area contributed by atoms with Crippen molar-refractivity contribution >= 4 is 27.5 Å². The minimum atomic E-state index is 1.14. The molecule has 3 rings (SSSR count). The van der Waals surface area contributed by atoms with Gasteiger partial charge in [0.05, 0.1) is 0 Å². The maximum atomic E-state index is 2.33. The van der Waals surface area contributed by atoms with Crippen LogP contribution >= 0.6 is 11.3 Å². The van der Waals surface area contributed by atoms with Gasteiger partial charge in [-0.05, 0) is 41.3 Å². The number of allylic oxidation sites excluding steroid dienone is 1. The Hall–Kier alpha value is -1.08. The first-order chi connectivity index (χ1) is 6.34. The van der Waals surface area contributed by atoms with Crippen LogP contribution in [0.15, 0.2) is 29.2 Å². The molecule has 0 bridgehead atoms. The number of hydrogen-bond acceptors (Lipinski definition) is 1. The van der Waals surface area contributed by atoms with Gasteiger partial charge in [-0.2, -0.15) is 0 Å². The summed E-state index contributed by atoms with van der Waals surface area (Å²) < 4.78 is 1.45. The van der Waals surface area contributed by atoms with Crippen LogP contribution < -0.4 is 0 Å². The molecule has 1 heterocycles. The summed E-state index contributed by atoms with van der Waals surface area (Å²) >= 11 is 1.85. The van der Waals surface area contributed by atoms with Crippen molar-refractivity contribution in [3.63, 3.8) is 0 Å². The van der Waals surface area contributed by atoms with Crippen LogP contribution in [0.5, 0.6) is 0 Å². The topological polar surface area (TPSA) is 0 Å². The fourth-order valence-electron chi connectivity index (χ4n) is 2.01. The molecule has 64 valence electrons. The Bertz CT molecular complexity index is 503. The van der Waals surface area contributed by atoms with E-state index in [9.17, 15) is 0 Å². The molecular formula is C12H10S. The maximum absolute atomic E-state index is 2.33. The lowest BCUT2D eigenvalue weighted by atomic mass is 10.1. The van der Waals surface area contributed by atoms with Gasteiger partial charge in [0.2, 0.25) is 0 Å². The molecule has 0 N–H and O–H groups in total. The second-order valence-corrected chi connectivity index (χ2v) is 4.56. The number of thiophene rings is 1. The van der Waals surface area contributed by atoms with E-state index in [1.807, 2.05) is 11.3 Å². The molecule has 1 aromatic carbocycles. The SMILES string of the molecule is CC1=Cc2c(ccc3ccsc23)C1. The fraction of sp³-hybridized carbons (Fsp3) is 0.167.